The van der Waals surface area contributed by atoms with E-state index in [9.17, 15) is 0 Å². The molecule has 0 aromatic heterocycles. The van der Waals surface area contributed by atoms with Crippen molar-refractivity contribution in [2.45, 2.75) is 32.1 Å². The van der Waals surface area contributed by atoms with E-state index in [1.54, 1.807) is 0 Å². The maximum absolute atomic E-state index is 5.08. The average Bonchev–Trinajstić information content (AvgIpc) is 2.72. The van der Waals surface area contributed by atoms with Gasteiger partial charge in [-0.1, -0.05) is 6.42 Å². The van der Waals surface area contributed by atoms with Crippen LogP contribution >= 0.6 is 0 Å². The molecular weight excluding hydrogens is 160 g/mol. The van der Waals surface area contributed by atoms with E-state index >= 15 is 0 Å². The fourth-order valence-corrected chi connectivity index (χ4v) is 4.55. The standard InChI is InChI=1S/C12H19O/c1-13-7-9-5-8-6-12(9)11-4-2-3-10(8)11/h8-12H,1-7H2. The summed E-state index contributed by atoms with van der Waals surface area (Å²) in [4.78, 5) is 0. The lowest BCUT2D eigenvalue weighted by molar-refractivity contribution is 0.106. The first kappa shape index (κ1) is 8.28. The Balaban J connectivity index is 1.74. The number of hydrogen-bond acceptors (Lipinski definition) is 1. The summed E-state index contributed by atoms with van der Waals surface area (Å²) in [6.45, 7) is 0.921. The first-order valence-electron chi connectivity index (χ1n) is 5.77. The van der Waals surface area contributed by atoms with Gasteiger partial charge in [-0.2, -0.15) is 0 Å². The van der Waals surface area contributed by atoms with E-state index in [1.165, 1.54) is 32.1 Å². The first-order valence-corrected chi connectivity index (χ1v) is 5.77. The summed E-state index contributed by atoms with van der Waals surface area (Å²) >= 11 is 0. The molecule has 0 aromatic rings. The maximum Gasteiger partial charge on any atom is 0.0700 e. The molecule has 0 aliphatic heterocycles. The second-order valence-electron chi connectivity index (χ2n) is 5.28. The van der Waals surface area contributed by atoms with Gasteiger partial charge in [0, 0.05) is 6.61 Å². The van der Waals surface area contributed by atoms with Crippen molar-refractivity contribution in [2.75, 3.05) is 6.61 Å². The molecule has 1 radical (unpaired) electrons. The Morgan fingerprint density at radius 1 is 1.08 bits per heavy atom. The van der Waals surface area contributed by atoms with Gasteiger partial charge in [-0.05, 0) is 55.3 Å². The van der Waals surface area contributed by atoms with Gasteiger partial charge < -0.3 is 4.74 Å². The molecular formula is C12H19O. The van der Waals surface area contributed by atoms with Crippen molar-refractivity contribution >= 4 is 0 Å². The molecule has 5 unspecified atom stereocenters. The van der Waals surface area contributed by atoms with Gasteiger partial charge >= 0.3 is 0 Å². The number of rotatable bonds is 2. The monoisotopic (exact) mass is 179 g/mol. The van der Waals surface area contributed by atoms with Crippen LogP contribution < -0.4 is 0 Å². The predicted molar refractivity (Wildman–Crippen MR) is 51.8 cm³/mol. The zero-order valence-corrected chi connectivity index (χ0v) is 8.24. The van der Waals surface area contributed by atoms with Crippen LogP contribution in [-0.2, 0) is 4.74 Å². The van der Waals surface area contributed by atoms with E-state index < -0.39 is 0 Å². The van der Waals surface area contributed by atoms with Crippen molar-refractivity contribution < 1.29 is 4.74 Å². The fourth-order valence-electron chi connectivity index (χ4n) is 4.55. The molecule has 1 heteroatoms. The van der Waals surface area contributed by atoms with Crippen LogP contribution in [0.1, 0.15) is 32.1 Å². The molecule has 3 aliphatic carbocycles. The molecule has 0 aromatic carbocycles. The lowest BCUT2D eigenvalue weighted by Crippen LogP contribution is -2.26. The van der Waals surface area contributed by atoms with Gasteiger partial charge in [0.05, 0.1) is 7.11 Å². The Kier molecular flexibility index (Phi) is 1.90. The molecule has 0 amide bonds. The van der Waals surface area contributed by atoms with Crippen LogP contribution in [0.15, 0.2) is 0 Å². The van der Waals surface area contributed by atoms with Crippen molar-refractivity contribution in [1.82, 2.24) is 0 Å². The van der Waals surface area contributed by atoms with E-state index in [0.717, 1.165) is 36.2 Å². The van der Waals surface area contributed by atoms with Crippen LogP contribution in [0, 0.1) is 36.7 Å². The van der Waals surface area contributed by atoms with Crippen molar-refractivity contribution in [3.8, 4) is 0 Å². The fraction of sp³-hybridized carbons (Fsp3) is 0.917. The van der Waals surface area contributed by atoms with Crippen molar-refractivity contribution in [3.05, 3.63) is 7.11 Å². The summed E-state index contributed by atoms with van der Waals surface area (Å²) < 4.78 is 5.08. The van der Waals surface area contributed by atoms with E-state index in [0.29, 0.717) is 0 Å². The molecule has 73 valence electrons. The zero-order chi connectivity index (χ0) is 8.84. The summed E-state index contributed by atoms with van der Waals surface area (Å²) in [5.74, 6) is 5.14. The Morgan fingerprint density at radius 3 is 2.77 bits per heavy atom. The lowest BCUT2D eigenvalue weighted by atomic mass is 9.76. The van der Waals surface area contributed by atoms with E-state index in [4.69, 9.17) is 4.74 Å². The number of fused-ring (bicyclic) bond motifs is 5. The van der Waals surface area contributed by atoms with Crippen LogP contribution in [0.25, 0.3) is 0 Å². The quantitative estimate of drug-likeness (QED) is 0.633. The molecule has 5 atom stereocenters. The van der Waals surface area contributed by atoms with Crippen molar-refractivity contribution in [2.24, 2.45) is 29.6 Å². The SMILES string of the molecule is [CH2]OCC1CC2CC1C1CCCC21. The van der Waals surface area contributed by atoms with E-state index in [2.05, 4.69) is 7.11 Å². The molecule has 0 spiro atoms. The third kappa shape index (κ3) is 1.09. The lowest BCUT2D eigenvalue weighted by Gasteiger charge is -2.30. The van der Waals surface area contributed by atoms with Crippen LogP contribution in [0.2, 0.25) is 0 Å². The first-order chi connectivity index (χ1) is 6.40. The maximum atomic E-state index is 5.08. The van der Waals surface area contributed by atoms with Crippen LogP contribution in [0.4, 0.5) is 0 Å². The minimum atomic E-state index is 0.863. The molecule has 13 heavy (non-hydrogen) atoms. The van der Waals surface area contributed by atoms with Gasteiger partial charge in [0.15, 0.2) is 0 Å². The highest BCUT2D eigenvalue weighted by Crippen LogP contribution is 2.60. The highest BCUT2D eigenvalue weighted by atomic mass is 16.5. The Labute approximate surface area is 80.8 Å². The van der Waals surface area contributed by atoms with Gasteiger partial charge in [-0.15, -0.1) is 0 Å². The molecule has 2 bridgehead atoms. The minimum Gasteiger partial charge on any atom is -0.379 e. The minimum absolute atomic E-state index is 0.863. The number of ether oxygens (including phenoxy) is 1. The summed E-state index contributed by atoms with van der Waals surface area (Å²) in [5, 5.41) is 0. The summed E-state index contributed by atoms with van der Waals surface area (Å²) in [5.41, 5.74) is 0. The molecule has 3 rings (SSSR count). The predicted octanol–water partition coefficient (Wildman–Crippen LogP) is 2.87. The molecule has 3 aliphatic rings. The van der Waals surface area contributed by atoms with Crippen LogP contribution in [0.3, 0.4) is 0 Å². The molecule has 0 heterocycles. The molecule has 1 nitrogen and oxygen atoms in total. The topological polar surface area (TPSA) is 9.23 Å². The molecule has 3 fully saturated rings. The summed E-state index contributed by atoms with van der Waals surface area (Å²) in [7, 11) is 3.52. The Morgan fingerprint density at radius 2 is 1.92 bits per heavy atom. The largest absolute Gasteiger partial charge is 0.379 e. The third-order valence-corrected chi connectivity index (χ3v) is 4.90. The van der Waals surface area contributed by atoms with Gasteiger partial charge in [-0.25, -0.2) is 0 Å². The molecule has 3 saturated carbocycles. The van der Waals surface area contributed by atoms with Gasteiger partial charge in [0.2, 0.25) is 0 Å². The zero-order valence-electron chi connectivity index (χ0n) is 8.24. The Bertz CT molecular complexity index is 201. The summed E-state index contributed by atoms with van der Waals surface area (Å²) in [6.07, 6.45) is 7.51. The van der Waals surface area contributed by atoms with Crippen LogP contribution in [0.5, 0.6) is 0 Å². The van der Waals surface area contributed by atoms with E-state index in [1.807, 2.05) is 0 Å². The second-order valence-corrected chi connectivity index (χ2v) is 5.28. The average molecular weight is 179 g/mol. The third-order valence-electron chi connectivity index (χ3n) is 4.90. The summed E-state index contributed by atoms with van der Waals surface area (Å²) in [6, 6.07) is 0. The highest BCUT2D eigenvalue weighted by molar-refractivity contribution is 5.02. The normalized spacial score (nSPS) is 52.8. The Hall–Kier alpha value is -0.0400. The van der Waals surface area contributed by atoms with Gasteiger partial charge in [0.1, 0.15) is 0 Å². The highest BCUT2D eigenvalue weighted by Gasteiger charge is 2.53. The smallest absolute Gasteiger partial charge is 0.0700 e. The van der Waals surface area contributed by atoms with Crippen molar-refractivity contribution in [3.63, 3.8) is 0 Å². The molecule has 0 saturated heterocycles. The van der Waals surface area contributed by atoms with Crippen LogP contribution in [-0.4, -0.2) is 6.61 Å². The second kappa shape index (κ2) is 2.98. The van der Waals surface area contributed by atoms with Gasteiger partial charge in [0.25, 0.3) is 0 Å². The van der Waals surface area contributed by atoms with Gasteiger partial charge in [-0.3, -0.25) is 0 Å². The molecule has 0 N–H and O–H groups in total. The van der Waals surface area contributed by atoms with E-state index in [-0.39, 0.29) is 0 Å². The van der Waals surface area contributed by atoms with Crippen molar-refractivity contribution in [1.29, 1.82) is 0 Å². The number of hydrogen-bond donors (Lipinski definition) is 0.